The summed E-state index contributed by atoms with van der Waals surface area (Å²) in [7, 11) is 0. The first-order chi connectivity index (χ1) is 12.7. The lowest BCUT2D eigenvalue weighted by Gasteiger charge is -2.34. The van der Waals surface area contributed by atoms with Gasteiger partial charge in [-0.05, 0) is 39.0 Å². The van der Waals surface area contributed by atoms with Crippen molar-refractivity contribution in [1.29, 1.82) is 0 Å². The van der Waals surface area contributed by atoms with Crippen LogP contribution in [0.1, 0.15) is 66.2 Å². The highest BCUT2D eigenvalue weighted by molar-refractivity contribution is 8.03. The molecule has 0 aliphatic heterocycles. The van der Waals surface area contributed by atoms with Crippen molar-refractivity contribution in [3.05, 3.63) is 6.20 Å². The Kier molecular flexibility index (Phi) is 7.97. The molecule has 152 valence electrons. The Morgan fingerprint density at radius 1 is 1.37 bits per heavy atom. The molecule has 0 bridgehead atoms. The van der Waals surface area contributed by atoms with E-state index < -0.39 is 10.7 Å². The number of nitrogens with zero attached hydrogens (tertiary/aromatic N) is 2. The SMILES string of the molecule is CC(C)CCN(C(=O)Nc1ncc(SC(C)(C)C(=O)O)s1)C1CCCCC1. The Bertz CT molecular complexity index is 640. The van der Waals surface area contributed by atoms with Crippen LogP contribution >= 0.6 is 23.1 Å². The summed E-state index contributed by atoms with van der Waals surface area (Å²) in [6.45, 7) is 8.42. The quantitative estimate of drug-likeness (QED) is 0.564. The zero-order chi connectivity index (χ0) is 20.0. The third-order valence-electron chi connectivity index (χ3n) is 4.79. The van der Waals surface area contributed by atoms with E-state index >= 15 is 0 Å². The Labute approximate surface area is 170 Å². The van der Waals surface area contributed by atoms with Crippen LogP contribution in [0.5, 0.6) is 0 Å². The molecule has 0 saturated heterocycles. The number of carbonyl (C=O) groups is 2. The van der Waals surface area contributed by atoms with E-state index in [4.69, 9.17) is 0 Å². The van der Waals surface area contributed by atoms with E-state index in [-0.39, 0.29) is 6.03 Å². The zero-order valence-electron chi connectivity index (χ0n) is 16.7. The van der Waals surface area contributed by atoms with E-state index in [0.29, 0.717) is 17.1 Å². The average molecular weight is 414 g/mol. The van der Waals surface area contributed by atoms with Crippen LogP contribution in [0.2, 0.25) is 0 Å². The number of carbonyl (C=O) groups excluding carboxylic acids is 1. The zero-order valence-corrected chi connectivity index (χ0v) is 18.3. The number of hydrogen-bond acceptors (Lipinski definition) is 5. The van der Waals surface area contributed by atoms with Gasteiger partial charge in [0, 0.05) is 12.6 Å². The molecule has 1 aliphatic carbocycles. The first-order valence-electron chi connectivity index (χ1n) is 9.65. The predicted molar refractivity (Wildman–Crippen MR) is 112 cm³/mol. The summed E-state index contributed by atoms with van der Waals surface area (Å²) in [4.78, 5) is 30.4. The van der Waals surface area contributed by atoms with Crippen LogP contribution in [0, 0.1) is 5.92 Å². The molecule has 1 heterocycles. The lowest BCUT2D eigenvalue weighted by atomic mass is 9.94. The van der Waals surface area contributed by atoms with Crippen molar-refractivity contribution in [1.82, 2.24) is 9.88 Å². The van der Waals surface area contributed by atoms with Gasteiger partial charge in [0.2, 0.25) is 0 Å². The number of thiazole rings is 1. The number of carboxylic acid groups (broad SMARTS) is 1. The summed E-state index contributed by atoms with van der Waals surface area (Å²) in [6, 6.07) is 0.211. The molecule has 6 nitrogen and oxygen atoms in total. The lowest BCUT2D eigenvalue weighted by molar-refractivity contribution is -0.138. The van der Waals surface area contributed by atoms with Gasteiger partial charge in [0.05, 0.1) is 10.4 Å². The molecule has 27 heavy (non-hydrogen) atoms. The van der Waals surface area contributed by atoms with Crippen molar-refractivity contribution in [2.75, 3.05) is 11.9 Å². The minimum atomic E-state index is -0.931. The van der Waals surface area contributed by atoms with Gasteiger partial charge >= 0.3 is 12.0 Å². The Morgan fingerprint density at radius 3 is 2.63 bits per heavy atom. The molecule has 0 aromatic carbocycles. The Balaban J connectivity index is 2.02. The number of carboxylic acids is 1. The van der Waals surface area contributed by atoms with Crippen LogP contribution in [0.15, 0.2) is 10.4 Å². The summed E-state index contributed by atoms with van der Waals surface area (Å²) >= 11 is 2.57. The number of aliphatic carboxylic acids is 1. The van der Waals surface area contributed by atoms with Crippen LogP contribution in [0.3, 0.4) is 0 Å². The van der Waals surface area contributed by atoms with E-state index in [9.17, 15) is 14.7 Å². The van der Waals surface area contributed by atoms with E-state index in [1.165, 1.54) is 42.4 Å². The van der Waals surface area contributed by atoms with Crippen molar-refractivity contribution in [3.63, 3.8) is 0 Å². The third-order valence-corrected chi connectivity index (χ3v) is 6.99. The normalized spacial score (nSPS) is 15.7. The van der Waals surface area contributed by atoms with Crippen LogP contribution in [0.4, 0.5) is 9.93 Å². The largest absolute Gasteiger partial charge is 0.480 e. The number of urea groups is 1. The number of hydrogen-bond donors (Lipinski definition) is 2. The molecule has 0 spiro atoms. The van der Waals surface area contributed by atoms with Gasteiger partial charge in [-0.1, -0.05) is 56.2 Å². The molecule has 1 aliphatic rings. The summed E-state index contributed by atoms with van der Waals surface area (Å²) in [5, 5.41) is 12.7. The van der Waals surface area contributed by atoms with Crippen LogP contribution in [-0.2, 0) is 4.79 Å². The molecule has 0 radical (unpaired) electrons. The van der Waals surface area contributed by atoms with Crippen molar-refractivity contribution in [2.24, 2.45) is 5.92 Å². The lowest BCUT2D eigenvalue weighted by Crippen LogP contribution is -2.44. The monoisotopic (exact) mass is 413 g/mol. The van der Waals surface area contributed by atoms with Crippen LogP contribution in [-0.4, -0.2) is 44.3 Å². The van der Waals surface area contributed by atoms with Crippen molar-refractivity contribution in [3.8, 4) is 0 Å². The molecule has 0 unspecified atom stereocenters. The molecule has 2 N–H and O–H groups in total. The van der Waals surface area contributed by atoms with E-state index in [2.05, 4.69) is 24.1 Å². The highest BCUT2D eigenvalue weighted by Crippen LogP contribution is 2.37. The first-order valence-corrected chi connectivity index (χ1v) is 11.3. The topological polar surface area (TPSA) is 82.5 Å². The molecule has 2 rings (SSSR count). The molecular weight excluding hydrogens is 382 g/mol. The number of nitrogens with one attached hydrogen (secondary N) is 1. The Hall–Kier alpha value is -1.28. The molecule has 1 fully saturated rings. The molecule has 1 aromatic rings. The highest BCUT2D eigenvalue weighted by atomic mass is 32.2. The van der Waals surface area contributed by atoms with Gasteiger partial charge in [-0.3, -0.25) is 10.1 Å². The number of aromatic nitrogens is 1. The van der Waals surface area contributed by atoms with Crippen LogP contribution < -0.4 is 5.32 Å². The summed E-state index contributed by atoms with van der Waals surface area (Å²) < 4.78 is -0.150. The van der Waals surface area contributed by atoms with Gasteiger partial charge in [0.15, 0.2) is 5.13 Å². The molecule has 1 saturated carbocycles. The first kappa shape index (κ1) is 22.0. The van der Waals surface area contributed by atoms with E-state index in [1.807, 2.05) is 4.90 Å². The molecule has 0 atom stereocenters. The predicted octanol–water partition coefficient (Wildman–Crippen LogP) is 5.31. The fourth-order valence-electron chi connectivity index (χ4n) is 3.06. The smallest absolute Gasteiger partial charge is 0.323 e. The summed E-state index contributed by atoms with van der Waals surface area (Å²) in [5.74, 6) is -0.325. The van der Waals surface area contributed by atoms with Gasteiger partial charge < -0.3 is 10.0 Å². The number of amides is 2. The maximum absolute atomic E-state index is 12.9. The molecule has 8 heteroatoms. The van der Waals surface area contributed by atoms with E-state index in [1.54, 1.807) is 20.0 Å². The van der Waals surface area contributed by atoms with Crippen molar-refractivity contribution < 1.29 is 14.7 Å². The minimum absolute atomic E-state index is 0.0917. The minimum Gasteiger partial charge on any atom is -0.480 e. The van der Waals surface area contributed by atoms with Gasteiger partial charge in [-0.25, -0.2) is 9.78 Å². The Morgan fingerprint density at radius 2 is 2.04 bits per heavy atom. The fraction of sp³-hybridized carbons (Fsp3) is 0.737. The highest BCUT2D eigenvalue weighted by Gasteiger charge is 2.30. The van der Waals surface area contributed by atoms with Gasteiger partial charge in [-0.2, -0.15) is 0 Å². The number of thioether (sulfide) groups is 1. The van der Waals surface area contributed by atoms with Crippen molar-refractivity contribution in [2.45, 2.75) is 81.2 Å². The second kappa shape index (κ2) is 9.78. The average Bonchev–Trinajstić information content (AvgIpc) is 3.01. The second-order valence-corrected chi connectivity index (χ2v) is 11.0. The maximum atomic E-state index is 12.9. The van der Waals surface area contributed by atoms with E-state index in [0.717, 1.165) is 30.0 Å². The second-order valence-electron chi connectivity index (χ2n) is 8.00. The van der Waals surface area contributed by atoms with Gasteiger partial charge in [0.25, 0.3) is 0 Å². The molecule has 1 aromatic heterocycles. The number of rotatable bonds is 8. The molecule has 2 amide bonds. The fourth-order valence-corrected chi connectivity index (χ4v) is 5.33. The maximum Gasteiger partial charge on any atom is 0.323 e. The van der Waals surface area contributed by atoms with Gasteiger partial charge in [-0.15, -0.1) is 0 Å². The summed E-state index contributed by atoms with van der Waals surface area (Å²) in [6.07, 6.45) is 8.36. The summed E-state index contributed by atoms with van der Waals surface area (Å²) in [5.41, 5.74) is 0. The van der Waals surface area contributed by atoms with Gasteiger partial charge in [0.1, 0.15) is 4.75 Å². The third kappa shape index (κ3) is 6.68. The number of anilines is 1. The van der Waals surface area contributed by atoms with Crippen molar-refractivity contribution >= 4 is 40.2 Å². The standard InChI is InChI=1S/C19H31N3O3S2/c1-13(2)10-11-22(14-8-6-5-7-9-14)18(25)21-17-20-12-15(26-17)27-19(3,4)16(23)24/h12-14H,5-11H2,1-4H3,(H,23,24)(H,20,21,25). The van der Waals surface area contributed by atoms with Crippen LogP contribution in [0.25, 0.3) is 0 Å². The molecular formula is C19H31N3O3S2.